The van der Waals surface area contributed by atoms with Gasteiger partial charge < -0.3 is 4.18 Å². The maximum Gasteiger partial charge on any atom is 0.316 e. The van der Waals surface area contributed by atoms with Crippen molar-refractivity contribution >= 4 is 40.9 Å². The molecule has 0 aliphatic carbocycles. The number of nitrogens with one attached hydrogen (secondary N) is 2. The van der Waals surface area contributed by atoms with Crippen molar-refractivity contribution in [2.45, 2.75) is 5.75 Å². The highest BCUT2D eigenvalue weighted by Gasteiger charge is 2.06. The van der Waals surface area contributed by atoms with Gasteiger partial charge in [0.1, 0.15) is 5.75 Å². The Kier molecular flexibility index (Phi) is 5.84. The van der Waals surface area contributed by atoms with Crippen molar-refractivity contribution in [2.24, 2.45) is 0 Å². The summed E-state index contributed by atoms with van der Waals surface area (Å²) < 4.78 is 22.2. The highest BCUT2D eigenvalue weighted by molar-refractivity contribution is 7.97. The predicted octanol–water partition coefficient (Wildman–Crippen LogP) is 3.26. The van der Waals surface area contributed by atoms with Gasteiger partial charge in [0.15, 0.2) is 0 Å². The summed E-state index contributed by atoms with van der Waals surface area (Å²) in [4.78, 5) is 0. The van der Waals surface area contributed by atoms with E-state index in [-0.39, 0.29) is 0 Å². The second-order valence-electron chi connectivity index (χ2n) is 4.97. The minimum Gasteiger partial charge on any atom is -0.385 e. The molecule has 3 aromatic rings. The molecule has 3 rings (SSSR count). The van der Waals surface area contributed by atoms with Crippen LogP contribution in [-0.4, -0.2) is 30.7 Å². The summed E-state index contributed by atoms with van der Waals surface area (Å²) >= 11 is 5.08. The van der Waals surface area contributed by atoms with Crippen molar-refractivity contribution in [3.8, 4) is 11.4 Å². The number of benzene rings is 2. The second-order valence-corrected chi connectivity index (χ2v) is 7.04. The van der Waals surface area contributed by atoms with Gasteiger partial charge in [-0.2, -0.15) is 21.2 Å². The molecule has 1 aromatic heterocycles. The topological polar surface area (TPSA) is 84.8 Å². The minimum absolute atomic E-state index is 0.293. The molecule has 0 bridgehead atoms. The highest BCUT2D eigenvalue weighted by atomic mass is 32.2. The largest absolute Gasteiger partial charge is 0.385 e. The van der Waals surface area contributed by atoms with Crippen LogP contribution < -0.4 is 8.91 Å². The van der Waals surface area contributed by atoms with E-state index in [2.05, 4.69) is 26.5 Å². The average molecular weight is 394 g/mol. The van der Waals surface area contributed by atoms with Gasteiger partial charge in [0.25, 0.3) is 0 Å². The zero-order chi connectivity index (χ0) is 17.6. The monoisotopic (exact) mass is 393 g/mol. The summed E-state index contributed by atoms with van der Waals surface area (Å²) in [6, 6.07) is 14.7. The van der Waals surface area contributed by atoms with E-state index in [0.29, 0.717) is 16.2 Å². The molecule has 0 fully saturated rings. The first kappa shape index (κ1) is 17.6. The number of anilines is 1. The number of rotatable bonds is 7. The molecule has 2 aromatic carbocycles. The molecule has 7 nitrogen and oxygen atoms in total. The van der Waals surface area contributed by atoms with Crippen molar-refractivity contribution in [3.63, 3.8) is 0 Å². The molecule has 0 amide bonds. The third-order valence-corrected chi connectivity index (χ3v) is 4.82. The predicted molar refractivity (Wildman–Crippen MR) is 103 cm³/mol. The van der Waals surface area contributed by atoms with Crippen LogP contribution >= 0.6 is 24.0 Å². The number of hydrogen-bond donors (Lipinski definition) is 2. The van der Waals surface area contributed by atoms with E-state index in [0.717, 1.165) is 11.4 Å². The van der Waals surface area contributed by atoms with Gasteiger partial charge in [0.05, 0.1) is 5.69 Å². The van der Waals surface area contributed by atoms with Gasteiger partial charge in [0.2, 0.25) is 4.77 Å². The fourth-order valence-electron chi connectivity index (χ4n) is 2.08. The average Bonchev–Trinajstić information content (AvgIpc) is 3.03. The summed E-state index contributed by atoms with van der Waals surface area (Å²) in [7, 11) is 0. The fourth-order valence-corrected chi connectivity index (χ4v) is 3.44. The molecule has 1 atom stereocenters. The molecule has 1 unspecified atom stereocenters. The van der Waals surface area contributed by atoms with Crippen molar-refractivity contribution in [1.82, 2.24) is 20.2 Å². The Morgan fingerprint density at radius 1 is 1.32 bits per heavy atom. The van der Waals surface area contributed by atoms with Gasteiger partial charge in [-0.15, -0.1) is 0 Å². The summed E-state index contributed by atoms with van der Waals surface area (Å²) in [5.74, 6) is 1.37. The number of hydrogen-bond acceptors (Lipinski definition) is 6. The standard InChI is InChI=1S/C15H15N5O2S3/c1-24-10-11-5-7-12(8-6-11)17-25(21)22-14-4-2-3-13(9-14)20-15(23)16-18-19-20/h2-9,17H,10H2,1H3,(H,16,19,23). The SMILES string of the molecule is CSCc1ccc(NS(=O)Oc2cccc(-n3[nH]nnc3=S)c2)cc1. The van der Waals surface area contributed by atoms with Crippen LogP contribution in [0.4, 0.5) is 5.69 Å². The van der Waals surface area contributed by atoms with Crippen LogP contribution in [0.15, 0.2) is 48.5 Å². The summed E-state index contributed by atoms with van der Waals surface area (Å²) in [5.41, 5.74) is 2.62. The molecule has 2 N–H and O–H groups in total. The lowest BCUT2D eigenvalue weighted by atomic mass is 10.2. The quantitative estimate of drug-likeness (QED) is 0.600. The van der Waals surface area contributed by atoms with E-state index in [1.54, 1.807) is 30.0 Å². The number of tetrazole rings is 1. The van der Waals surface area contributed by atoms with Crippen LogP contribution in [0.2, 0.25) is 0 Å². The lowest BCUT2D eigenvalue weighted by molar-refractivity contribution is 0.566. The van der Waals surface area contributed by atoms with Crippen LogP contribution in [0.1, 0.15) is 5.56 Å². The smallest absolute Gasteiger partial charge is 0.316 e. The van der Waals surface area contributed by atoms with Gasteiger partial charge in [-0.1, -0.05) is 28.5 Å². The van der Waals surface area contributed by atoms with E-state index in [4.69, 9.17) is 16.4 Å². The van der Waals surface area contributed by atoms with E-state index in [1.807, 2.05) is 30.3 Å². The Bertz CT molecular complexity index is 923. The Morgan fingerprint density at radius 3 is 2.80 bits per heavy atom. The molecular formula is C15H15N5O2S3. The molecule has 0 aliphatic rings. The van der Waals surface area contributed by atoms with Gasteiger partial charge >= 0.3 is 11.3 Å². The van der Waals surface area contributed by atoms with Gasteiger partial charge in [0, 0.05) is 17.5 Å². The first-order valence-corrected chi connectivity index (χ1v) is 10.1. The summed E-state index contributed by atoms with van der Waals surface area (Å²) in [6.07, 6.45) is 2.05. The Labute approximate surface area is 156 Å². The van der Waals surface area contributed by atoms with E-state index < -0.39 is 11.3 Å². The second kappa shape index (κ2) is 8.28. The summed E-state index contributed by atoms with van der Waals surface area (Å²) in [5, 5.41) is 10.0. The first-order chi connectivity index (χ1) is 12.2. The van der Waals surface area contributed by atoms with Crippen molar-refractivity contribution in [1.29, 1.82) is 0 Å². The van der Waals surface area contributed by atoms with Crippen LogP contribution in [-0.2, 0) is 17.0 Å². The van der Waals surface area contributed by atoms with Crippen molar-refractivity contribution in [2.75, 3.05) is 11.0 Å². The van der Waals surface area contributed by atoms with Crippen molar-refractivity contribution < 1.29 is 8.39 Å². The molecule has 0 spiro atoms. The van der Waals surface area contributed by atoms with Gasteiger partial charge in [-0.3, -0.25) is 4.72 Å². The lowest BCUT2D eigenvalue weighted by Gasteiger charge is -2.09. The molecule has 1 heterocycles. The maximum absolute atomic E-state index is 12.2. The van der Waals surface area contributed by atoms with Crippen LogP contribution in [0, 0.1) is 4.77 Å². The van der Waals surface area contributed by atoms with E-state index in [9.17, 15) is 4.21 Å². The normalized spacial score (nSPS) is 11.9. The molecule has 0 radical (unpaired) electrons. The van der Waals surface area contributed by atoms with Crippen molar-refractivity contribution in [3.05, 3.63) is 58.9 Å². The molecular weight excluding hydrogens is 378 g/mol. The van der Waals surface area contributed by atoms with Crippen LogP contribution in [0.25, 0.3) is 5.69 Å². The lowest BCUT2D eigenvalue weighted by Crippen LogP contribution is -2.11. The molecule has 0 aliphatic heterocycles. The third-order valence-electron chi connectivity index (χ3n) is 3.19. The number of thioether (sulfide) groups is 1. The number of aromatic amines is 1. The van der Waals surface area contributed by atoms with E-state index in [1.165, 1.54) is 10.2 Å². The first-order valence-electron chi connectivity index (χ1n) is 7.21. The zero-order valence-corrected chi connectivity index (χ0v) is 15.7. The van der Waals surface area contributed by atoms with Crippen LogP contribution in [0.5, 0.6) is 5.75 Å². The number of aromatic nitrogens is 4. The van der Waals surface area contributed by atoms with E-state index >= 15 is 0 Å². The Balaban J connectivity index is 1.67. The molecule has 0 saturated heterocycles. The highest BCUT2D eigenvalue weighted by Crippen LogP contribution is 2.19. The van der Waals surface area contributed by atoms with Gasteiger partial charge in [-0.05, 0) is 48.3 Å². The minimum atomic E-state index is -1.72. The number of H-pyrrole nitrogens is 1. The third kappa shape index (κ3) is 4.68. The Hall–Kier alpha value is -2.17. The Morgan fingerprint density at radius 2 is 2.12 bits per heavy atom. The molecule has 0 saturated carbocycles. The molecule has 10 heteroatoms. The summed E-state index contributed by atoms with van der Waals surface area (Å²) in [6.45, 7) is 0. The maximum atomic E-state index is 12.2. The molecule has 25 heavy (non-hydrogen) atoms. The number of nitrogens with zero attached hydrogens (tertiary/aromatic N) is 3. The fraction of sp³-hybridized carbons (Fsp3) is 0.133. The zero-order valence-electron chi connectivity index (χ0n) is 13.2. The van der Waals surface area contributed by atoms with Gasteiger partial charge in [-0.25, -0.2) is 4.68 Å². The molecule has 130 valence electrons. The van der Waals surface area contributed by atoms with Crippen LogP contribution in [0.3, 0.4) is 0 Å².